The number of hydrogen-bond acceptors (Lipinski definition) is 7. The lowest BCUT2D eigenvalue weighted by molar-refractivity contribution is 0.0126. The van der Waals surface area contributed by atoms with Gasteiger partial charge in [0.05, 0.1) is 10.0 Å². The highest BCUT2D eigenvalue weighted by Crippen LogP contribution is 2.37. The number of rotatable bonds is 4. The number of piperidine rings is 1. The number of anilines is 1. The lowest BCUT2D eigenvalue weighted by Crippen LogP contribution is -2.46. The zero-order chi connectivity index (χ0) is 20.8. The van der Waals surface area contributed by atoms with Crippen LogP contribution in [0.1, 0.15) is 30.3 Å². The van der Waals surface area contributed by atoms with Crippen molar-refractivity contribution in [3.63, 3.8) is 0 Å². The van der Waals surface area contributed by atoms with Crippen LogP contribution in [0.4, 0.5) is 10.6 Å². The third-order valence-corrected chi connectivity index (χ3v) is 6.74. The Morgan fingerprint density at radius 1 is 1.34 bits per heavy atom. The zero-order valence-electron chi connectivity index (χ0n) is 15.4. The van der Waals surface area contributed by atoms with Crippen LogP contribution in [-0.4, -0.2) is 45.7 Å². The Bertz CT molecular complexity index is 1100. The van der Waals surface area contributed by atoms with E-state index in [1.165, 1.54) is 15.9 Å². The van der Waals surface area contributed by atoms with E-state index in [0.717, 1.165) is 6.29 Å². The summed E-state index contributed by atoms with van der Waals surface area (Å²) < 4.78 is 6.75. The van der Waals surface area contributed by atoms with Gasteiger partial charge < -0.3 is 15.4 Å². The summed E-state index contributed by atoms with van der Waals surface area (Å²) in [6.45, 7) is 2.99. The molecule has 0 aliphatic carbocycles. The standard InChI is InChI=1S/C18H17Cl2N5O3S/c1-18(28-16(21)27)5-7-24(8-6-18)14-12(9-26)25-17(22-14)29-15(23-25)10-3-2-4-11(19)13(10)20/h2-4,9H,5-8H2,1H3,(H2,21,27). The molecule has 4 rings (SSSR count). The van der Waals surface area contributed by atoms with Gasteiger partial charge in [0.2, 0.25) is 4.96 Å². The molecule has 0 spiro atoms. The summed E-state index contributed by atoms with van der Waals surface area (Å²) in [6, 6.07) is 5.31. The first kappa shape index (κ1) is 19.9. The number of amides is 1. The number of carbonyl (C=O) groups excluding carboxylic acids is 2. The van der Waals surface area contributed by atoms with Crippen LogP contribution >= 0.6 is 34.5 Å². The first-order valence-corrected chi connectivity index (χ1v) is 10.4. The molecule has 2 aromatic heterocycles. The van der Waals surface area contributed by atoms with Crippen LogP contribution in [0.5, 0.6) is 0 Å². The number of nitrogens with zero attached hydrogens (tertiary/aromatic N) is 4. The number of fused-ring (bicyclic) bond motifs is 1. The van der Waals surface area contributed by atoms with Gasteiger partial charge >= 0.3 is 6.09 Å². The van der Waals surface area contributed by atoms with E-state index >= 15 is 0 Å². The number of benzene rings is 1. The quantitative estimate of drug-likeness (QED) is 0.597. The van der Waals surface area contributed by atoms with Gasteiger partial charge in [-0.25, -0.2) is 4.79 Å². The molecule has 152 valence electrons. The third-order valence-electron chi connectivity index (χ3n) is 4.98. The molecular formula is C18H17Cl2N5O3S. The second-order valence-electron chi connectivity index (χ2n) is 7.00. The van der Waals surface area contributed by atoms with Crippen molar-refractivity contribution >= 4 is 57.7 Å². The van der Waals surface area contributed by atoms with Crippen LogP contribution in [0.2, 0.25) is 10.0 Å². The highest BCUT2D eigenvalue weighted by atomic mass is 35.5. The molecule has 11 heteroatoms. The minimum Gasteiger partial charge on any atom is -0.443 e. The summed E-state index contributed by atoms with van der Waals surface area (Å²) in [6.07, 6.45) is 1.12. The number of imidazole rings is 1. The Hall–Kier alpha value is -2.36. The van der Waals surface area contributed by atoms with Gasteiger partial charge in [0.1, 0.15) is 10.6 Å². The maximum Gasteiger partial charge on any atom is 0.405 e. The van der Waals surface area contributed by atoms with Crippen LogP contribution in [0.3, 0.4) is 0 Å². The van der Waals surface area contributed by atoms with E-state index in [1.807, 2.05) is 17.9 Å². The first-order valence-electron chi connectivity index (χ1n) is 8.84. The largest absolute Gasteiger partial charge is 0.443 e. The Morgan fingerprint density at radius 2 is 2.07 bits per heavy atom. The molecule has 29 heavy (non-hydrogen) atoms. The van der Waals surface area contributed by atoms with Crippen molar-refractivity contribution in [3.05, 3.63) is 33.9 Å². The number of hydrogen-bond donors (Lipinski definition) is 1. The monoisotopic (exact) mass is 453 g/mol. The van der Waals surface area contributed by atoms with Gasteiger partial charge in [-0.1, -0.05) is 46.7 Å². The minimum absolute atomic E-state index is 0.361. The van der Waals surface area contributed by atoms with Crippen LogP contribution in [0.25, 0.3) is 15.5 Å². The predicted molar refractivity (Wildman–Crippen MR) is 112 cm³/mol. The molecular weight excluding hydrogens is 437 g/mol. The molecule has 3 aromatic rings. The van der Waals surface area contributed by atoms with Crippen molar-refractivity contribution in [1.29, 1.82) is 0 Å². The van der Waals surface area contributed by atoms with Crippen LogP contribution in [0, 0.1) is 0 Å². The van der Waals surface area contributed by atoms with Crippen LogP contribution in [0.15, 0.2) is 18.2 Å². The van der Waals surface area contributed by atoms with Gasteiger partial charge in [0.25, 0.3) is 0 Å². The van der Waals surface area contributed by atoms with Crippen molar-refractivity contribution < 1.29 is 14.3 Å². The van der Waals surface area contributed by atoms with E-state index in [-0.39, 0.29) is 0 Å². The molecule has 8 nitrogen and oxygen atoms in total. The highest BCUT2D eigenvalue weighted by Gasteiger charge is 2.35. The number of carbonyl (C=O) groups is 2. The smallest absolute Gasteiger partial charge is 0.405 e. The number of primary amides is 1. The van der Waals surface area contributed by atoms with E-state index in [1.54, 1.807) is 12.1 Å². The molecule has 1 aliphatic heterocycles. The van der Waals surface area contributed by atoms with Crippen molar-refractivity contribution in [3.8, 4) is 10.6 Å². The number of aldehydes is 1. The summed E-state index contributed by atoms with van der Waals surface area (Å²) >= 11 is 13.7. The van der Waals surface area contributed by atoms with Crippen molar-refractivity contribution in [2.24, 2.45) is 5.73 Å². The fraction of sp³-hybridized carbons (Fsp3) is 0.333. The molecule has 2 N–H and O–H groups in total. The average molecular weight is 454 g/mol. The number of ether oxygens (including phenoxy) is 1. The Morgan fingerprint density at radius 3 is 2.72 bits per heavy atom. The molecule has 1 saturated heterocycles. The fourth-order valence-corrected chi connectivity index (χ4v) is 4.78. The predicted octanol–water partition coefficient (Wildman–Crippen LogP) is 4.03. The van der Waals surface area contributed by atoms with Gasteiger partial charge in [0.15, 0.2) is 17.8 Å². The SMILES string of the molecule is CC1(OC(N)=O)CCN(c2nc3sc(-c4cccc(Cl)c4Cl)nn3c2C=O)CC1. The van der Waals surface area contributed by atoms with Crippen LogP contribution < -0.4 is 10.6 Å². The number of nitrogens with two attached hydrogens (primary N) is 1. The normalized spacial score (nSPS) is 16.2. The molecule has 1 amide bonds. The van der Waals surface area contributed by atoms with Crippen molar-refractivity contribution in [2.75, 3.05) is 18.0 Å². The summed E-state index contributed by atoms with van der Waals surface area (Å²) in [5, 5.41) is 5.99. The molecule has 1 aliphatic rings. The Labute approximate surface area is 180 Å². The minimum atomic E-state index is -0.784. The lowest BCUT2D eigenvalue weighted by Gasteiger charge is -2.38. The maximum absolute atomic E-state index is 11.8. The topological polar surface area (TPSA) is 103 Å². The van der Waals surface area contributed by atoms with E-state index in [9.17, 15) is 9.59 Å². The van der Waals surface area contributed by atoms with Gasteiger partial charge in [-0.2, -0.15) is 14.6 Å². The molecule has 1 fully saturated rings. The average Bonchev–Trinajstić information content (AvgIpc) is 3.21. The van der Waals surface area contributed by atoms with Crippen LogP contribution in [-0.2, 0) is 4.74 Å². The summed E-state index contributed by atoms with van der Waals surface area (Å²) in [5.74, 6) is 0.559. The Kier molecular flexibility index (Phi) is 5.14. The van der Waals surface area contributed by atoms with E-state index in [4.69, 9.17) is 33.7 Å². The van der Waals surface area contributed by atoms with Gasteiger partial charge in [0, 0.05) is 31.5 Å². The molecule has 0 atom stereocenters. The molecule has 0 radical (unpaired) electrons. The molecule has 0 bridgehead atoms. The van der Waals surface area contributed by atoms with Gasteiger partial charge in [-0.05, 0) is 13.0 Å². The highest BCUT2D eigenvalue weighted by molar-refractivity contribution is 7.20. The second-order valence-corrected chi connectivity index (χ2v) is 8.74. The van der Waals surface area contributed by atoms with E-state index in [2.05, 4.69) is 10.1 Å². The van der Waals surface area contributed by atoms with Gasteiger partial charge in [-0.3, -0.25) is 4.79 Å². The molecule has 3 heterocycles. The fourth-order valence-electron chi connectivity index (χ4n) is 3.40. The second kappa shape index (κ2) is 7.47. The lowest BCUT2D eigenvalue weighted by atomic mass is 9.93. The molecule has 1 aromatic carbocycles. The Balaban J connectivity index is 1.64. The van der Waals surface area contributed by atoms with E-state index in [0.29, 0.717) is 63.0 Å². The summed E-state index contributed by atoms with van der Waals surface area (Å²) in [5.41, 5.74) is 5.59. The third kappa shape index (κ3) is 3.65. The first-order chi connectivity index (χ1) is 13.8. The van der Waals surface area contributed by atoms with Crippen molar-refractivity contribution in [1.82, 2.24) is 14.6 Å². The summed E-state index contributed by atoms with van der Waals surface area (Å²) in [4.78, 5) is 30.1. The maximum atomic E-state index is 11.8. The van der Waals surface area contributed by atoms with Crippen molar-refractivity contribution in [2.45, 2.75) is 25.4 Å². The zero-order valence-corrected chi connectivity index (χ0v) is 17.7. The summed E-state index contributed by atoms with van der Waals surface area (Å²) in [7, 11) is 0. The number of halogens is 2. The molecule has 0 unspecified atom stereocenters. The van der Waals surface area contributed by atoms with E-state index < -0.39 is 11.7 Å². The molecule has 0 saturated carbocycles. The number of aromatic nitrogens is 3. The van der Waals surface area contributed by atoms with Gasteiger partial charge in [-0.15, -0.1) is 0 Å².